The van der Waals surface area contributed by atoms with Gasteiger partial charge in [0.15, 0.2) is 19.7 Å². The van der Waals surface area contributed by atoms with Crippen molar-refractivity contribution in [3.8, 4) is 0 Å². The van der Waals surface area contributed by atoms with Crippen molar-refractivity contribution in [2.75, 3.05) is 11.5 Å². The Morgan fingerprint density at radius 2 is 1.79 bits per heavy atom. The quantitative estimate of drug-likeness (QED) is 0.782. The van der Waals surface area contributed by atoms with Crippen LogP contribution in [0.15, 0.2) is 28.0 Å². The van der Waals surface area contributed by atoms with Gasteiger partial charge in [-0.25, -0.2) is 30.0 Å². The van der Waals surface area contributed by atoms with Crippen LogP contribution in [-0.2, 0) is 29.7 Å². The van der Waals surface area contributed by atoms with Gasteiger partial charge in [-0.3, -0.25) is 0 Å². The topological polar surface area (TPSA) is 114 Å². The zero-order valence-electron chi connectivity index (χ0n) is 13.7. The third-order valence-electron chi connectivity index (χ3n) is 3.80. The van der Waals surface area contributed by atoms with E-state index in [0.717, 1.165) is 6.07 Å². The summed E-state index contributed by atoms with van der Waals surface area (Å²) in [5, 5.41) is -1.03. The van der Waals surface area contributed by atoms with E-state index in [1.165, 1.54) is 12.1 Å². The summed E-state index contributed by atoms with van der Waals surface area (Å²) < 4.78 is 75.6. The molecule has 136 valence electrons. The fourth-order valence-corrected chi connectivity index (χ4v) is 8.60. The van der Waals surface area contributed by atoms with E-state index in [1.807, 2.05) is 0 Å². The molecule has 1 aliphatic heterocycles. The first-order chi connectivity index (χ1) is 10.8. The van der Waals surface area contributed by atoms with Crippen LogP contribution in [0.2, 0.25) is 0 Å². The molecule has 24 heavy (non-hydrogen) atoms. The van der Waals surface area contributed by atoms with Crippen LogP contribution in [0.5, 0.6) is 0 Å². The minimum Gasteiger partial charge on any atom is -0.229 e. The molecule has 2 rings (SSSR count). The number of sulfone groups is 2. The maximum Gasteiger partial charge on any atom is 0.241 e. The molecule has 0 saturated carbocycles. The van der Waals surface area contributed by atoms with Crippen LogP contribution in [0.3, 0.4) is 0 Å². The smallest absolute Gasteiger partial charge is 0.229 e. The second-order valence-corrected chi connectivity index (χ2v) is 12.4. The van der Waals surface area contributed by atoms with E-state index in [2.05, 4.69) is 4.72 Å². The van der Waals surface area contributed by atoms with E-state index < -0.39 is 40.7 Å². The average molecular weight is 396 g/mol. The lowest BCUT2D eigenvalue weighted by Crippen LogP contribution is -2.31. The minimum atomic E-state index is -3.91. The second kappa shape index (κ2) is 6.40. The summed E-state index contributed by atoms with van der Waals surface area (Å²) in [7, 11) is -11.1. The van der Waals surface area contributed by atoms with Crippen molar-refractivity contribution < 1.29 is 25.3 Å². The Hall–Kier alpha value is -0.970. The van der Waals surface area contributed by atoms with Crippen molar-refractivity contribution >= 4 is 29.7 Å². The summed E-state index contributed by atoms with van der Waals surface area (Å²) >= 11 is 0. The summed E-state index contributed by atoms with van der Waals surface area (Å²) in [5.74, 6) is -0.585. The van der Waals surface area contributed by atoms with Crippen molar-refractivity contribution in [3.05, 3.63) is 23.8 Å². The fourth-order valence-electron chi connectivity index (χ4n) is 2.62. The van der Waals surface area contributed by atoms with Gasteiger partial charge in [-0.2, -0.15) is 0 Å². The maximum absolute atomic E-state index is 12.7. The normalized spacial score (nSPS) is 21.2. The molecule has 1 fully saturated rings. The Bertz CT molecular complexity index is 946. The van der Waals surface area contributed by atoms with Crippen LogP contribution in [0.4, 0.5) is 0 Å². The minimum absolute atomic E-state index is 0.0326. The fraction of sp³-hybridized carbons (Fsp3) is 0.571. The second-order valence-electron chi connectivity index (χ2n) is 6.27. The third kappa shape index (κ3) is 3.98. The van der Waals surface area contributed by atoms with Gasteiger partial charge in [-0.15, -0.1) is 0 Å². The number of benzene rings is 1. The summed E-state index contributed by atoms with van der Waals surface area (Å²) in [6.45, 7) is 4.90. The molecular formula is C14H21NO6S3. The van der Waals surface area contributed by atoms with Crippen LogP contribution >= 0.6 is 0 Å². The standard InChI is InChI=1S/C14H21NO6S3/c1-10(2)15-24(20,21)14-8-12(5-4-11(14)3)23(18,19)13-6-7-22(16,17)9-13/h4-5,8,10,13,15H,6-7,9H2,1-3H3. The van der Waals surface area contributed by atoms with Gasteiger partial charge in [0.2, 0.25) is 10.0 Å². The number of hydrogen-bond acceptors (Lipinski definition) is 6. The lowest BCUT2D eigenvalue weighted by Gasteiger charge is -2.15. The van der Waals surface area contributed by atoms with E-state index in [1.54, 1.807) is 20.8 Å². The Balaban J connectivity index is 2.49. The molecule has 0 spiro atoms. The summed E-state index contributed by atoms with van der Waals surface area (Å²) in [5.41, 5.74) is 0.418. The molecule has 0 radical (unpaired) electrons. The van der Waals surface area contributed by atoms with E-state index in [4.69, 9.17) is 0 Å². The van der Waals surface area contributed by atoms with Gasteiger partial charge < -0.3 is 0 Å². The highest BCUT2D eigenvalue weighted by Crippen LogP contribution is 2.28. The number of rotatable bonds is 5. The van der Waals surface area contributed by atoms with Crippen LogP contribution in [0, 0.1) is 6.92 Å². The Labute approximate surface area is 143 Å². The zero-order valence-corrected chi connectivity index (χ0v) is 16.1. The van der Waals surface area contributed by atoms with Gasteiger partial charge in [0.05, 0.1) is 26.5 Å². The SMILES string of the molecule is Cc1ccc(S(=O)(=O)C2CCS(=O)(=O)C2)cc1S(=O)(=O)NC(C)C. The van der Waals surface area contributed by atoms with Gasteiger partial charge in [0, 0.05) is 6.04 Å². The van der Waals surface area contributed by atoms with E-state index >= 15 is 0 Å². The third-order valence-corrected chi connectivity index (χ3v) is 9.77. The predicted octanol–water partition coefficient (Wildman–Crippen LogP) is 0.643. The maximum atomic E-state index is 12.7. The number of nitrogens with one attached hydrogen (secondary N) is 1. The largest absolute Gasteiger partial charge is 0.241 e. The van der Waals surface area contributed by atoms with Crippen LogP contribution in [-0.4, -0.2) is 48.1 Å². The molecule has 1 aliphatic rings. The molecule has 1 N–H and O–H groups in total. The van der Waals surface area contributed by atoms with Crippen molar-refractivity contribution in [1.29, 1.82) is 0 Å². The number of sulfonamides is 1. The van der Waals surface area contributed by atoms with E-state index in [9.17, 15) is 25.3 Å². The molecule has 0 bridgehead atoms. The molecule has 1 atom stereocenters. The Morgan fingerprint density at radius 3 is 2.29 bits per heavy atom. The molecule has 1 saturated heterocycles. The van der Waals surface area contributed by atoms with Gasteiger partial charge in [-0.05, 0) is 44.9 Å². The summed E-state index contributed by atoms with van der Waals surface area (Å²) in [6.07, 6.45) is 0.0326. The van der Waals surface area contributed by atoms with E-state index in [-0.39, 0.29) is 28.0 Å². The molecular weight excluding hydrogens is 374 g/mol. The average Bonchev–Trinajstić information content (AvgIpc) is 2.78. The van der Waals surface area contributed by atoms with Gasteiger partial charge >= 0.3 is 0 Å². The Kier molecular flexibility index (Phi) is 5.16. The van der Waals surface area contributed by atoms with Gasteiger partial charge in [-0.1, -0.05) is 6.07 Å². The molecule has 0 aliphatic carbocycles. The molecule has 10 heteroatoms. The Morgan fingerprint density at radius 1 is 1.17 bits per heavy atom. The zero-order chi connectivity index (χ0) is 18.3. The molecule has 1 aromatic carbocycles. The highest BCUT2D eigenvalue weighted by atomic mass is 32.2. The van der Waals surface area contributed by atoms with Crippen molar-refractivity contribution in [1.82, 2.24) is 4.72 Å². The first-order valence-corrected chi connectivity index (χ1v) is 12.3. The van der Waals surface area contributed by atoms with Gasteiger partial charge in [0.25, 0.3) is 0 Å². The van der Waals surface area contributed by atoms with Crippen LogP contribution in [0.1, 0.15) is 25.8 Å². The molecule has 1 heterocycles. The highest BCUT2D eigenvalue weighted by molar-refractivity contribution is 7.96. The number of aryl methyl sites for hydroxylation is 1. The predicted molar refractivity (Wildman–Crippen MR) is 90.9 cm³/mol. The lowest BCUT2D eigenvalue weighted by atomic mass is 10.2. The summed E-state index contributed by atoms with van der Waals surface area (Å²) in [6, 6.07) is 3.52. The first-order valence-electron chi connectivity index (χ1n) is 7.42. The highest BCUT2D eigenvalue weighted by Gasteiger charge is 2.38. The molecule has 1 unspecified atom stereocenters. The lowest BCUT2D eigenvalue weighted by molar-refractivity contribution is 0.568. The van der Waals surface area contributed by atoms with Crippen LogP contribution in [0.25, 0.3) is 0 Å². The van der Waals surface area contributed by atoms with E-state index in [0.29, 0.717) is 5.56 Å². The van der Waals surface area contributed by atoms with Crippen molar-refractivity contribution in [2.45, 2.75) is 48.3 Å². The molecule has 0 aromatic heterocycles. The molecule has 0 amide bonds. The van der Waals surface area contributed by atoms with Gasteiger partial charge in [0.1, 0.15) is 0 Å². The molecule has 1 aromatic rings. The monoisotopic (exact) mass is 395 g/mol. The van der Waals surface area contributed by atoms with Crippen molar-refractivity contribution in [3.63, 3.8) is 0 Å². The number of hydrogen-bond donors (Lipinski definition) is 1. The van der Waals surface area contributed by atoms with Crippen LogP contribution < -0.4 is 4.72 Å². The first kappa shape index (κ1) is 19.4. The van der Waals surface area contributed by atoms with Crippen molar-refractivity contribution in [2.24, 2.45) is 0 Å². The summed E-state index contributed by atoms with van der Waals surface area (Å²) in [4.78, 5) is -0.280. The molecule has 7 nitrogen and oxygen atoms in total.